The zero-order valence-electron chi connectivity index (χ0n) is 13.3. The molecule has 0 aromatic heterocycles. The van der Waals surface area contributed by atoms with Gasteiger partial charge in [0.15, 0.2) is 0 Å². The van der Waals surface area contributed by atoms with Gasteiger partial charge in [-0.1, -0.05) is 12.1 Å². The van der Waals surface area contributed by atoms with Crippen LogP contribution in [0.1, 0.15) is 38.2 Å². The maximum absolute atomic E-state index is 11.3. The number of rotatable bonds is 5. The van der Waals surface area contributed by atoms with E-state index < -0.39 is 0 Å². The number of amides is 1. The topological polar surface area (TPSA) is 41.6 Å². The summed E-state index contributed by atoms with van der Waals surface area (Å²) >= 11 is 0. The molecule has 0 spiro atoms. The summed E-state index contributed by atoms with van der Waals surface area (Å²) < 4.78 is 5.48. The molecule has 0 saturated heterocycles. The summed E-state index contributed by atoms with van der Waals surface area (Å²) in [6.45, 7) is 2.24. The first kappa shape index (κ1) is 15.8. The van der Waals surface area contributed by atoms with Crippen LogP contribution < -0.4 is 5.32 Å². The highest BCUT2D eigenvalue weighted by atomic mass is 16.5. The average Bonchev–Trinajstić information content (AvgIpc) is 2.47. The molecule has 1 fully saturated rings. The van der Waals surface area contributed by atoms with Crippen molar-refractivity contribution in [2.45, 2.75) is 51.3 Å². The van der Waals surface area contributed by atoms with Gasteiger partial charge in [-0.05, 0) is 43.4 Å². The molecule has 1 N–H and O–H groups in total. The monoisotopic (exact) mass is 290 g/mol. The second-order valence-corrected chi connectivity index (χ2v) is 5.94. The van der Waals surface area contributed by atoms with Gasteiger partial charge in [-0.2, -0.15) is 0 Å². The second-order valence-electron chi connectivity index (χ2n) is 5.94. The van der Waals surface area contributed by atoms with Gasteiger partial charge in [-0.3, -0.25) is 4.79 Å². The summed E-state index contributed by atoms with van der Waals surface area (Å²) in [6.07, 6.45) is 5.01. The number of nitrogens with zero attached hydrogens (tertiary/aromatic N) is 1. The molecule has 2 atom stereocenters. The first-order valence-electron chi connectivity index (χ1n) is 7.68. The van der Waals surface area contributed by atoms with Crippen LogP contribution in [0.4, 0.5) is 5.69 Å². The number of benzene rings is 1. The van der Waals surface area contributed by atoms with E-state index in [9.17, 15) is 4.79 Å². The highest BCUT2D eigenvalue weighted by molar-refractivity contribution is 5.72. The largest absolute Gasteiger partial charge is 0.382 e. The highest BCUT2D eigenvalue weighted by Gasteiger charge is 2.21. The molecular formula is C17H26N2O2. The minimum absolute atomic E-state index is 0.0866. The molecule has 0 bridgehead atoms. The summed E-state index contributed by atoms with van der Waals surface area (Å²) in [5, 5.41) is 3.60. The SMILES string of the molecule is COC1CCCC(Nc2cccc(CN(C)C(C)=O)c2)C1. The van der Waals surface area contributed by atoms with Crippen molar-refractivity contribution < 1.29 is 9.53 Å². The lowest BCUT2D eigenvalue weighted by Gasteiger charge is -2.29. The summed E-state index contributed by atoms with van der Waals surface area (Å²) in [5.41, 5.74) is 2.28. The van der Waals surface area contributed by atoms with E-state index in [1.807, 2.05) is 13.1 Å². The zero-order valence-corrected chi connectivity index (χ0v) is 13.3. The molecule has 1 aliphatic rings. The van der Waals surface area contributed by atoms with Gasteiger partial charge in [-0.15, -0.1) is 0 Å². The Hall–Kier alpha value is -1.55. The van der Waals surface area contributed by atoms with Crippen LogP contribution in [0.3, 0.4) is 0 Å². The fourth-order valence-electron chi connectivity index (χ4n) is 2.87. The Morgan fingerprint density at radius 3 is 2.95 bits per heavy atom. The third-order valence-electron chi connectivity index (χ3n) is 4.21. The highest BCUT2D eigenvalue weighted by Crippen LogP contribution is 2.24. The Bertz CT molecular complexity index is 476. The minimum atomic E-state index is 0.0866. The van der Waals surface area contributed by atoms with E-state index in [-0.39, 0.29) is 5.91 Å². The standard InChI is InChI=1S/C17H26N2O2/c1-13(20)19(2)12-14-6-4-7-15(10-14)18-16-8-5-9-17(11-16)21-3/h4,6-7,10,16-18H,5,8-9,11-12H2,1-3H3. The minimum Gasteiger partial charge on any atom is -0.382 e. The van der Waals surface area contributed by atoms with Gasteiger partial charge in [-0.25, -0.2) is 0 Å². The molecule has 1 aromatic rings. The average molecular weight is 290 g/mol. The van der Waals surface area contributed by atoms with Gasteiger partial charge in [0.1, 0.15) is 0 Å². The summed E-state index contributed by atoms with van der Waals surface area (Å²) in [5.74, 6) is 0.0866. The van der Waals surface area contributed by atoms with E-state index >= 15 is 0 Å². The molecule has 2 unspecified atom stereocenters. The van der Waals surface area contributed by atoms with Crippen molar-refractivity contribution in [3.63, 3.8) is 0 Å². The molecule has 2 rings (SSSR count). The number of hydrogen-bond donors (Lipinski definition) is 1. The van der Waals surface area contributed by atoms with E-state index in [2.05, 4.69) is 23.5 Å². The molecule has 0 aliphatic heterocycles. The molecule has 4 heteroatoms. The zero-order chi connectivity index (χ0) is 15.2. The van der Waals surface area contributed by atoms with Gasteiger partial charge < -0.3 is 15.0 Å². The van der Waals surface area contributed by atoms with Gasteiger partial charge in [0.05, 0.1) is 6.10 Å². The van der Waals surface area contributed by atoms with E-state index in [0.29, 0.717) is 18.7 Å². The maximum atomic E-state index is 11.3. The van der Waals surface area contributed by atoms with Crippen LogP contribution >= 0.6 is 0 Å². The third kappa shape index (κ3) is 4.74. The van der Waals surface area contributed by atoms with Crippen LogP contribution in [-0.4, -0.2) is 37.1 Å². The number of methoxy groups -OCH3 is 1. The van der Waals surface area contributed by atoms with E-state index in [1.165, 1.54) is 12.8 Å². The van der Waals surface area contributed by atoms with E-state index in [4.69, 9.17) is 4.74 Å². The summed E-state index contributed by atoms with van der Waals surface area (Å²) in [7, 11) is 3.62. The van der Waals surface area contributed by atoms with Crippen molar-refractivity contribution in [3.05, 3.63) is 29.8 Å². The second kappa shape index (κ2) is 7.46. The lowest BCUT2D eigenvalue weighted by molar-refractivity contribution is -0.128. The number of carbonyl (C=O) groups excluding carboxylic acids is 1. The van der Waals surface area contributed by atoms with Crippen molar-refractivity contribution >= 4 is 11.6 Å². The Balaban J connectivity index is 1.96. The molecule has 1 amide bonds. The van der Waals surface area contributed by atoms with Crippen LogP contribution in [0, 0.1) is 0 Å². The smallest absolute Gasteiger partial charge is 0.219 e. The molecule has 0 heterocycles. The normalized spacial score (nSPS) is 21.9. The Morgan fingerprint density at radius 2 is 2.24 bits per heavy atom. The first-order chi connectivity index (χ1) is 10.1. The fourth-order valence-corrected chi connectivity index (χ4v) is 2.87. The first-order valence-corrected chi connectivity index (χ1v) is 7.68. The lowest BCUT2D eigenvalue weighted by atomic mass is 9.92. The Labute approximate surface area is 127 Å². The summed E-state index contributed by atoms with van der Waals surface area (Å²) in [4.78, 5) is 13.0. The van der Waals surface area contributed by atoms with E-state index in [0.717, 1.165) is 24.1 Å². The van der Waals surface area contributed by atoms with Crippen LogP contribution in [0.25, 0.3) is 0 Å². The molecular weight excluding hydrogens is 264 g/mol. The maximum Gasteiger partial charge on any atom is 0.219 e. The third-order valence-corrected chi connectivity index (χ3v) is 4.21. The summed E-state index contributed by atoms with van der Waals surface area (Å²) in [6, 6.07) is 8.81. The molecule has 21 heavy (non-hydrogen) atoms. The molecule has 1 saturated carbocycles. The Kier molecular flexibility index (Phi) is 5.62. The van der Waals surface area contributed by atoms with Crippen LogP contribution in [0.5, 0.6) is 0 Å². The van der Waals surface area contributed by atoms with Gasteiger partial charge in [0.25, 0.3) is 0 Å². The van der Waals surface area contributed by atoms with Crippen molar-refractivity contribution in [2.24, 2.45) is 0 Å². The van der Waals surface area contributed by atoms with Crippen molar-refractivity contribution in [1.82, 2.24) is 4.90 Å². The lowest BCUT2D eigenvalue weighted by Crippen LogP contribution is -2.31. The fraction of sp³-hybridized carbons (Fsp3) is 0.588. The van der Waals surface area contributed by atoms with Gasteiger partial charge in [0, 0.05) is 39.4 Å². The quantitative estimate of drug-likeness (QED) is 0.906. The number of nitrogens with one attached hydrogen (secondary N) is 1. The van der Waals surface area contributed by atoms with Crippen molar-refractivity contribution in [2.75, 3.05) is 19.5 Å². The Morgan fingerprint density at radius 1 is 1.43 bits per heavy atom. The predicted molar refractivity (Wildman–Crippen MR) is 85.3 cm³/mol. The molecule has 0 radical (unpaired) electrons. The predicted octanol–water partition coefficient (Wildman–Crippen LogP) is 3.03. The van der Waals surface area contributed by atoms with Crippen molar-refractivity contribution in [1.29, 1.82) is 0 Å². The molecule has 1 aromatic carbocycles. The van der Waals surface area contributed by atoms with Crippen LogP contribution in [0.2, 0.25) is 0 Å². The molecule has 4 nitrogen and oxygen atoms in total. The van der Waals surface area contributed by atoms with E-state index in [1.54, 1.807) is 18.9 Å². The van der Waals surface area contributed by atoms with Gasteiger partial charge >= 0.3 is 0 Å². The number of carbonyl (C=O) groups is 1. The number of ether oxygens (including phenoxy) is 1. The van der Waals surface area contributed by atoms with Crippen LogP contribution in [-0.2, 0) is 16.1 Å². The number of hydrogen-bond acceptors (Lipinski definition) is 3. The molecule has 1 aliphatic carbocycles. The molecule has 116 valence electrons. The number of anilines is 1. The van der Waals surface area contributed by atoms with Crippen LogP contribution in [0.15, 0.2) is 24.3 Å². The van der Waals surface area contributed by atoms with Gasteiger partial charge in [0.2, 0.25) is 5.91 Å². The van der Waals surface area contributed by atoms with Crippen molar-refractivity contribution in [3.8, 4) is 0 Å².